The molecule has 2 unspecified atom stereocenters. The van der Waals surface area contributed by atoms with Gasteiger partial charge in [0.05, 0.1) is 17.8 Å². The zero-order valence-corrected chi connectivity index (χ0v) is 12.8. The maximum absolute atomic E-state index is 12.2. The predicted molar refractivity (Wildman–Crippen MR) is 80.0 cm³/mol. The average molecular weight is 279 g/mol. The Balaban J connectivity index is 2.72. The van der Waals surface area contributed by atoms with Crippen LogP contribution in [0, 0.1) is 5.92 Å². The molecule has 4 nitrogen and oxygen atoms in total. The summed E-state index contributed by atoms with van der Waals surface area (Å²) in [5, 5.41) is 13.1. The first-order valence-electron chi connectivity index (χ1n) is 7.14. The number of amides is 1. The van der Waals surface area contributed by atoms with E-state index in [0.717, 1.165) is 6.42 Å². The molecule has 1 amide bonds. The third-order valence-electron chi connectivity index (χ3n) is 3.71. The lowest BCUT2D eigenvalue weighted by Gasteiger charge is -2.29. The van der Waals surface area contributed by atoms with E-state index >= 15 is 0 Å². The van der Waals surface area contributed by atoms with Crippen molar-refractivity contribution >= 4 is 5.91 Å². The summed E-state index contributed by atoms with van der Waals surface area (Å²) >= 11 is 0. The Morgan fingerprint density at radius 1 is 1.40 bits per heavy atom. The Hall–Kier alpha value is -1.55. The van der Waals surface area contributed by atoms with Crippen LogP contribution in [0.3, 0.4) is 0 Å². The van der Waals surface area contributed by atoms with E-state index in [2.05, 4.69) is 5.32 Å². The molecule has 0 aromatic heterocycles. The highest BCUT2D eigenvalue weighted by molar-refractivity contribution is 5.96. The molecular formula is C16H25NO3. The summed E-state index contributed by atoms with van der Waals surface area (Å²) in [6.07, 6.45) is 0.860. The lowest BCUT2D eigenvalue weighted by molar-refractivity contribution is 0.00589. The minimum atomic E-state index is -0.912. The van der Waals surface area contributed by atoms with Gasteiger partial charge in [-0.3, -0.25) is 4.79 Å². The Labute approximate surface area is 121 Å². The molecule has 2 N–H and O–H groups in total. The van der Waals surface area contributed by atoms with Crippen molar-refractivity contribution in [3.8, 4) is 5.75 Å². The van der Waals surface area contributed by atoms with Crippen molar-refractivity contribution in [1.82, 2.24) is 5.32 Å². The van der Waals surface area contributed by atoms with E-state index in [4.69, 9.17) is 4.74 Å². The third-order valence-corrected chi connectivity index (χ3v) is 3.71. The number of nitrogens with one attached hydrogen (secondary N) is 1. The highest BCUT2D eigenvalue weighted by Gasteiger charge is 2.27. The molecule has 1 aromatic carbocycles. The van der Waals surface area contributed by atoms with Crippen LogP contribution in [0.1, 0.15) is 44.5 Å². The number of rotatable bonds is 7. The summed E-state index contributed by atoms with van der Waals surface area (Å²) in [5.41, 5.74) is -0.417. The SMILES string of the molecule is CCOc1ccccc1C(=O)NCC(C)(O)C(C)CC. The third kappa shape index (κ3) is 4.23. The van der Waals surface area contributed by atoms with Gasteiger partial charge in [0.2, 0.25) is 0 Å². The number of benzene rings is 1. The predicted octanol–water partition coefficient (Wildman–Crippen LogP) is 2.61. The van der Waals surface area contributed by atoms with Crippen molar-refractivity contribution in [3.05, 3.63) is 29.8 Å². The minimum absolute atomic E-state index is 0.116. The maximum atomic E-state index is 12.2. The Kier molecular flexibility index (Phi) is 6.02. The van der Waals surface area contributed by atoms with Gasteiger partial charge in [-0.2, -0.15) is 0 Å². The topological polar surface area (TPSA) is 58.6 Å². The molecule has 0 saturated carbocycles. The van der Waals surface area contributed by atoms with E-state index in [1.54, 1.807) is 25.1 Å². The maximum Gasteiger partial charge on any atom is 0.255 e. The van der Waals surface area contributed by atoms with Crippen LogP contribution >= 0.6 is 0 Å². The molecule has 0 fully saturated rings. The smallest absolute Gasteiger partial charge is 0.255 e. The molecular weight excluding hydrogens is 254 g/mol. The zero-order chi connectivity index (χ0) is 15.2. The van der Waals surface area contributed by atoms with Gasteiger partial charge in [-0.1, -0.05) is 32.4 Å². The van der Waals surface area contributed by atoms with Crippen LogP contribution in [0.4, 0.5) is 0 Å². The van der Waals surface area contributed by atoms with Crippen LogP contribution < -0.4 is 10.1 Å². The van der Waals surface area contributed by atoms with E-state index in [1.807, 2.05) is 26.8 Å². The van der Waals surface area contributed by atoms with E-state index in [9.17, 15) is 9.90 Å². The molecule has 2 atom stereocenters. The molecule has 1 aromatic rings. The van der Waals surface area contributed by atoms with Crippen LogP contribution in [-0.2, 0) is 0 Å². The molecule has 0 spiro atoms. The fourth-order valence-electron chi connectivity index (χ4n) is 1.90. The van der Waals surface area contributed by atoms with Gasteiger partial charge in [0.25, 0.3) is 5.91 Å². The molecule has 0 aliphatic carbocycles. The Morgan fingerprint density at radius 3 is 2.65 bits per heavy atom. The lowest BCUT2D eigenvalue weighted by Crippen LogP contribution is -2.45. The second kappa shape index (κ2) is 7.29. The van der Waals surface area contributed by atoms with E-state index in [1.165, 1.54) is 0 Å². The first kappa shape index (κ1) is 16.5. The quantitative estimate of drug-likeness (QED) is 0.806. The highest BCUT2D eigenvalue weighted by Crippen LogP contribution is 2.20. The van der Waals surface area contributed by atoms with E-state index < -0.39 is 5.60 Å². The van der Waals surface area contributed by atoms with Crippen LogP contribution in [0.15, 0.2) is 24.3 Å². The van der Waals surface area contributed by atoms with Crippen LogP contribution in [-0.4, -0.2) is 29.8 Å². The van der Waals surface area contributed by atoms with E-state index in [0.29, 0.717) is 17.9 Å². The Morgan fingerprint density at radius 2 is 2.05 bits per heavy atom. The minimum Gasteiger partial charge on any atom is -0.493 e. The summed E-state index contributed by atoms with van der Waals surface area (Å²) in [7, 11) is 0. The highest BCUT2D eigenvalue weighted by atomic mass is 16.5. The number of para-hydroxylation sites is 1. The fraction of sp³-hybridized carbons (Fsp3) is 0.562. The molecule has 4 heteroatoms. The largest absolute Gasteiger partial charge is 0.493 e. The van der Waals surface area contributed by atoms with Crippen molar-refractivity contribution in [3.63, 3.8) is 0 Å². The molecule has 0 aliphatic heterocycles. The molecule has 0 heterocycles. The van der Waals surface area contributed by atoms with Crippen molar-refractivity contribution < 1.29 is 14.6 Å². The van der Waals surface area contributed by atoms with Crippen LogP contribution in [0.2, 0.25) is 0 Å². The lowest BCUT2D eigenvalue weighted by atomic mass is 9.88. The molecule has 0 saturated heterocycles. The summed E-state index contributed by atoms with van der Waals surface area (Å²) in [4.78, 5) is 12.2. The fourth-order valence-corrected chi connectivity index (χ4v) is 1.90. The number of carbonyl (C=O) groups is 1. The number of ether oxygens (including phenoxy) is 1. The molecule has 20 heavy (non-hydrogen) atoms. The number of carbonyl (C=O) groups excluding carboxylic acids is 1. The van der Waals surface area contributed by atoms with Gasteiger partial charge < -0.3 is 15.2 Å². The summed E-state index contributed by atoms with van der Waals surface area (Å²) in [6, 6.07) is 7.12. The number of hydrogen-bond donors (Lipinski definition) is 2. The first-order valence-corrected chi connectivity index (χ1v) is 7.14. The first-order chi connectivity index (χ1) is 9.42. The second-order valence-electron chi connectivity index (χ2n) is 5.28. The molecule has 0 aliphatic rings. The van der Waals surface area contributed by atoms with Gasteiger partial charge in [-0.05, 0) is 31.9 Å². The number of aliphatic hydroxyl groups is 1. The van der Waals surface area contributed by atoms with Gasteiger partial charge in [0.15, 0.2) is 0 Å². The van der Waals surface area contributed by atoms with Gasteiger partial charge >= 0.3 is 0 Å². The van der Waals surface area contributed by atoms with Crippen molar-refractivity contribution in [2.75, 3.05) is 13.2 Å². The van der Waals surface area contributed by atoms with Gasteiger partial charge in [0.1, 0.15) is 5.75 Å². The van der Waals surface area contributed by atoms with Gasteiger partial charge in [0, 0.05) is 6.54 Å². The summed E-state index contributed by atoms with van der Waals surface area (Å²) in [6.45, 7) is 8.35. The van der Waals surface area contributed by atoms with Gasteiger partial charge in [-0.15, -0.1) is 0 Å². The molecule has 0 bridgehead atoms. The van der Waals surface area contributed by atoms with E-state index in [-0.39, 0.29) is 18.4 Å². The second-order valence-corrected chi connectivity index (χ2v) is 5.28. The molecule has 0 radical (unpaired) electrons. The average Bonchev–Trinajstić information content (AvgIpc) is 2.45. The summed E-state index contributed by atoms with van der Waals surface area (Å²) in [5.74, 6) is 0.457. The summed E-state index contributed by atoms with van der Waals surface area (Å²) < 4.78 is 5.44. The van der Waals surface area contributed by atoms with Crippen LogP contribution in [0.5, 0.6) is 5.75 Å². The van der Waals surface area contributed by atoms with Crippen molar-refractivity contribution in [1.29, 1.82) is 0 Å². The standard InChI is InChI=1S/C16H25NO3/c1-5-12(3)16(4,19)11-17-15(18)13-9-7-8-10-14(13)20-6-2/h7-10,12,19H,5-6,11H2,1-4H3,(H,17,18). The molecule has 112 valence electrons. The number of hydrogen-bond acceptors (Lipinski definition) is 3. The van der Waals surface area contributed by atoms with Crippen molar-refractivity contribution in [2.24, 2.45) is 5.92 Å². The molecule has 1 rings (SSSR count). The normalized spacial score (nSPS) is 15.2. The van der Waals surface area contributed by atoms with Gasteiger partial charge in [-0.25, -0.2) is 0 Å². The Bertz CT molecular complexity index is 443. The monoisotopic (exact) mass is 279 g/mol. The van der Waals surface area contributed by atoms with Crippen molar-refractivity contribution in [2.45, 2.75) is 39.7 Å². The van der Waals surface area contributed by atoms with Crippen LogP contribution in [0.25, 0.3) is 0 Å². The zero-order valence-electron chi connectivity index (χ0n) is 12.8.